The van der Waals surface area contributed by atoms with Gasteiger partial charge in [-0.25, -0.2) is 4.79 Å². The van der Waals surface area contributed by atoms with Gasteiger partial charge in [0, 0.05) is 30.8 Å². The average Bonchev–Trinajstić information content (AvgIpc) is 2.88. The standard InChI is InChI=1S/C29H51N3O3.ClH/c1-2-3-4-5-6-7-8-9-10-11-12-13-14-15-16-19-23-31-28(33)27-21-18-17-20-26(27)25-35-29(34)32-24-22-30;/h17-18,20-21H,2-16,19,22-25,30H2,1H3,(H,31,33)(H,32,34);1H. The summed E-state index contributed by atoms with van der Waals surface area (Å²) in [5, 5.41) is 5.55. The van der Waals surface area contributed by atoms with Crippen molar-refractivity contribution in [1.82, 2.24) is 10.6 Å². The summed E-state index contributed by atoms with van der Waals surface area (Å²) in [6.45, 7) is 3.72. The normalized spacial score (nSPS) is 10.5. The lowest BCUT2D eigenvalue weighted by Gasteiger charge is -2.11. The molecule has 0 bridgehead atoms. The van der Waals surface area contributed by atoms with E-state index in [4.69, 9.17) is 10.5 Å². The quantitative estimate of drug-likeness (QED) is 0.139. The average molecular weight is 526 g/mol. The van der Waals surface area contributed by atoms with Crippen molar-refractivity contribution >= 4 is 24.4 Å². The van der Waals surface area contributed by atoms with Gasteiger partial charge in [0.1, 0.15) is 6.61 Å². The van der Waals surface area contributed by atoms with Crippen LogP contribution in [-0.4, -0.2) is 31.6 Å². The number of carbonyl (C=O) groups excluding carboxylic acids is 2. The van der Waals surface area contributed by atoms with Crippen LogP contribution in [0, 0.1) is 0 Å². The second kappa shape index (κ2) is 24.9. The number of ether oxygens (including phenoxy) is 1. The third kappa shape index (κ3) is 18.5. The van der Waals surface area contributed by atoms with Crippen molar-refractivity contribution in [3.8, 4) is 0 Å². The van der Waals surface area contributed by atoms with E-state index in [9.17, 15) is 9.59 Å². The van der Waals surface area contributed by atoms with Crippen molar-refractivity contribution in [2.24, 2.45) is 5.73 Å². The molecule has 2 amide bonds. The van der Waals surface area contributed by atoms with Crippen LogP contribution < -0.4 is 16.4 Å². The first-order valence-electron chi connectivity index (χ1n) is 14.2. The molecule has 7 heteroatoms. The van der Waals surface area contributed by atoms with Crippen molar-refractivity contribution in [3.05, 3.63) is 35.4 Å². The van der Waals surface area contributed by atoms with E-state index in [1.54, 1.807) is 12.1 Å². The van der Waals surface area contributed by atoms with Crippen LogP contribution in [-0.2, 0) is 11.3 Å². The number of unbranched alkanes of at least 4 members (excludes halogenated alkanes) is 15. The highest BCUT2D eigenvalue weighted by Gasteiger charge is 2.12. The molecular weight excluding hydrogens is 474 g/mol. The number of benzene rings is 1. The summed E-state index contributed by atoms with van der Waals surface area (Å²) in [4.78, 5) is 24.2. The summed E-state index contributed by atoms with van der Waals surface area (Å²) in [5.41, 5.74) is 6.61. The molecule has 0 saturated carbocycles. The maximum Gasteiger partial charge on any atom is 0.407 e. The van der Waals surface area contributed by atoms with Gasteiger partial charge in [0.25, 0.3) is 5.91 Å². The zero-order valence-corrected chi connectivity index (χ0v) is 23.5. The molecule has 6 nitrogen and oxygen atoms in total. The summed E-state index contributed by atoms with van der Waals surface area (Å²) < 4.78 is 5.17. The van der Waals surface area contributed by atoms with Crippen LogP contribution >= 0.6 is 12.4 Å². The van der Waals surface area contributed by atoms with E-state index in [0.29, 0.717) is 30.8 Å². The van der Waals surface area contributed by atoms with E-state index < -0.39 is 6.09 Å². The van der Waals surface area contributed by atoms with Crippen molar-refractivity contribution in [2.75, 3.05) is 19.6 Å². The molecule has 0 radical (unpaired) electrons. The molecule has 0 unspecified atom stereocenters. The summed E-state index contributed by atoms with van der Waals surface area (Å²) >= 11 is 0. The summed E-state index contributed by atoms with van der Waals surface area (Å²) in [7, 11) is 0. The lowest BCUT2D eigenvalue weighted by Crippen LogP contribution is -2.30. The van der Waals surface area contributed by atoms with Gasteiger partial charge in [-0.05, 0) is 12.5 Å². The molecule has 1 rings (SSSR count). The number of halogens is 1. The van der Waals surface area contributed by atoms with E-state index in [0.717, 1.165) is 12.8 Å². The fourth-order valence-corrected chi connectivity index (χ4v) is 4.21. The van der Waals surface area contributed by atoms with Gasteiger partial charge in [-0.2, -0.15) is 0 Å². The topological polar surface area (TPSA) is 93.4 Å². The van der Waals surface area contributed by atoms with Gasteiger partial charge in [-0.1, -0.05) is 121 Å². The number of rotatable bonds is 22. The lowest BCUT2D eigenvalue weighted by atomic mass is 10.0. The predicted molar refractivity (Wildman–Crippen MR) is 153 cm³/mol. The van der Waals surface area contributed by atoms with Crippen LogP contribution in [0.15, 0.2) is 24.3 Å². The van der Waals surface area contributed by atoms with E-state index in [2.05, 4.69) is 17.6 Å². The molecule has 0 heterocycles. The second-order valence-corrected chi connectivity index (χ2v) is 9.51. The predicted octanol–water partition coefficient (Wildman–Crippen LogP) is 7.28. The van der Waals surface area contributed by atoms with Crippen molar-refractivity contribution in [1.29, 1.82) is 0 Å². The number of hydrogen-bond acceptors (Lipinski definition) is 4. The molecule has 4 N–H and O–H groups in total. The number of carbonyl (C=O) groups is 2. The maximum atomic E-state index is 12.6. The number of nitrogens with one attached hydrogen (secondary N) is 2. The van der Waals surface area contributed by atoms with E-state index in [-0.39, 0.29) is 24.9 Å². The zero-order valence-electron chi connectivity index (χ0n) is 22.7. The summed E-state index contributed by atoms with van der Waals surface area (Å²) in [5.74, 6) is -0.118. The molecule has 0 aliphatic rings. The van der Waals surface area contributed by atoms with Crippen LogP contribution in [0.25, 0.3) is 0 Å². The first kappa shape index (κ1) is 34.2. The Morgan fingerprint density at radius 2 is 1.22 bits per heavy atom. The minimum atomic E-state index is -0.529. The zero-order chi connectivity index (χ0) is 25.4. The molecule has 0 aromatic heterocycles. The number of nitrogens with two attached hydrogens (primary N) is 1. The summed E-state index contributed by atoms with van der Waals surface area (Å²) in [6, 6.07) is 7.23. The summed E-state index contributed by atoms with van der Waals surface area (Å²) in [6.07, 6.45) is 20.8. The molecule has 0 saturated heterocycles. The van der Waals surface area contributed by atoms with Crippen LogP contribution in [0.5, 0.6) is 0 Å². The fourth-order valence-electron chi connectivity index (χ4n) is 4.21. The van der Waals surface area contributed by atoms with E-state index >= 15 is 0 Å². The Hall–Kier alpha value is -1.79. The maximum absolute atomic E-state index is 12.6. The second-order valence-electron chi connectivity index (χ2n) is 9.51. The molecule has 0 aliphatic heterocycles. The largest absolute Gasteiger partial charge is 0.445 e. The van der Waals surface area contributed by atoms with Crippen LogP contribution in [0.1, 0.15) is 126 Å². The molecule has 208 valence electrons. The van der Waals surface area contributed by atoms with Crippen molar-refractivity contribution in [3.63, 3.8) is 0 Å². The Labute approximate surface area is 226 Å². The Morgan fingerprint density at radius 3 is 1.75 bits per heavy atom. The van der Waals surface area contributed by atoms with Gasteiger partial charge < -0.3 is 21.1 Å². The minimum absolute atomic E-state index is 0. The highest BCUT2D eigenvalue weighted by atomic mass is 35.5. The number of alkyl carbamates (subject to hydrolysis) is 1. The highest BCUT2D eigenvalue weighted by Crippen LogP contribution is 2.14. The van der Waals surface area contributed by atoms with Crippen LogP contribution in [0.4, 0.5) is 4.79 Å². The van der Waals surface area contributed by atoms with Crippen LogP contribution in [0.2, 0.25) is 0 Å². The van der Waals surface area contributed by atoms with E-state index in [1.807, 2.05) is 12.1 Å². The van der Waals surface area contributed by atoms with Gasteiger partial charge >= 0.3 is 6.09 Å². The molecule has 1 aromatic rings. The number of hydrogen-bond donors (Lipinski definition) is 3. The third-order valence-electron chi connectivity index (χ3n) is 6.35. The van der Waals surface area contributed by atoms with Gasteiger partial charge in [0.05, 0.1) is 0 Å². The van der Waals surface area contributed by atoms with E-state index in [1.165, 1.54) is 89.9 Å². The molecule has 36 heavy (non-hydrogen) atoms. The Bertz CT molecular complexity index is 673. The molecular formula is C29H52ClN3O3. The smallest absolute Gasteiger partial charge is 0.407 e. The third-order valence-corrected chi connectivity index (χ3v) is 6.35. The van der Waals surface area contributed by atoms with Gasteiger partial charge in [-0.3, -0.25) is 4.79 Å². The minimum Gasteiger partial charge on any atom is -0.445 e. The molecule has 0 aliphatic carbocycles. The Kier molecular flexibility index (Phi) is 23.6. The lowest BCUT2D eigenvalue weighted by molar-refractivity contribution is 0.0946. The highest BCUT2D eigenvalue weighted by molar-refractivity contribution is 5.95. The van der Waals surface area contributed by atoms with Gasteiger partial charge in [0.2, 0.25) is 0 Å². The Morgan fingerprint density at radius 1 is 0.722 bits per heavy atom. The first-order valence-corrected chi connectivity index (χ1v) is 14.2. The molecule has 0 atom stereocenters. The SMILES string of the molecule is CCCCCCCCCCCCCCCCCCNC(=O)c1ccccc1COC(=O)NCCN.Cl. The Balaban J connectivity index is 0.0000122. The fraction of sp³-hybridized carbons (Fsp3) is 0.724. The van der Waals surface area contributed by atoms with Crippen molar-refractivity contribution < 1.29 is 14.3 Å². The van der Waals surface area contributed by atoms with Crippen molar-refractivity contribution in [2.45, 2.75) is 116 Å². The molecule has 0 fully saturated rings. The van der Waals surface area contributed by atoms with Gasteiger partial charge in [0.15, 0.2) is 0 Å². The van der Waals surface area contributed by atoms with Crippen LogP contribution in [0.3, 0.4) is 0 Å². The van der Waals surface area contributed by atoms with Gasteiger partial charge in [-0.15, -0.1) is 12.4 Å². The molecule has 0 spiro atoms. The molecule has 1 aromatic carbocycles. The monoisotopic (exact) mass is 525 g/mol. The number of amides is 2. The first-order chi connectivity index (χ1) is 17.2.